The molecule has 18 heavy (non-hydrogen) atoms. The highest BCUT2D eigenvalue weighted by Gasteiger charge is 2.27. The summed E-state index contributed by atoms with van der Waals surface area (Å²) in [5.74, 6) is 0. The Hall–Kier alpha value is -0.630. The topological polar surface area (TPSA) is 54.3 Å². The largest absolute Gasteiger partial charge is 0.385 e. The highest BCUT2D eigenvalue weighted by atomic mass is 16.5. The van der Waals surface area contributed by atoms with E-state index in [1.165, 1.54) is 0 Å². The number of methoxy groups -OCH3 is 1. The Morgan fingerprint density at radius 2 is 1.89 bits per heavy atom. The highest BCUT2D eigenvalue weighted by Crippen LogP contribution is 2.17. The van der Waals surface area contributed by atoms with Crippen molar-refractivity contribution in [1.29, 1.82) is 5.26 Å². The standard InChI is InChI=1S/C14H28N2O2/c1-5-14(12-15,16-13(2)3)8-6-10-18-11-7-9-17-4/h13,16H,5-11H2,1-4H3. The van der Waals surface area contributed by atoms with Gasteiger partial charge in [0.2, 0.25) is 0 Å². The van der Waals surface area contributed by atoms with Gasteiger partial charge in [0.05, 0.1) is 6.07 Å². The molecule has 106 valence electrons. The second-order valence-corrected chi connectivity index (χ2v) is 4.91. The van der Waals surface area contributed by atoms with Gasteiger partial charge in [0.15, 0.2) is 0 Å². The summed E-state index contributed by atoms with van der Waals surface area (Å²) in [7, 11) is 1.69. The molecule has 0 heterocycles. The van der Waals surface area contributed by atoms with E-state index in [9.17, 15) is 5.26 Å². The van der Waals surface area contributed by atoms with Crippen LogP contribution < -0.4 is 5.32 Å². The Morgan fingerprint density at radius 1 is 1.22 bits per heavy atom. The Kier molecular flexibility index (Phi) is 9.95. The molecule has 1 N–H and O–H groups in total. The molecule has 0 aliphatic rings. The van der Waals surface area contributed by atoms with Crippen LogP contribution in [0.5, 0.6) is 0 Å². The van der Waals surface area contributed by atoms with Crippen LogP contribution in [-0.2, 0) is 9.47 Å². The molecule has 0 aromatic carbocycles. The van der Waals surface area contributed by atoms with Crippen LogP contribution in [0, 0.1) is 11.3 Å². The number of hydrogen-bond donors (Lipinski definition) is 1. The molecule has 0 aromatic rings. The Labute approximate surface area is 112 Å². The molecule has 0 saturated heterocycles. The first-order valence-electron chi connectivity index (χ1n) is 6.86. The zero-order valence-electron chi connectivity index (χ0n) is 12.3. The smallest absolute Gasteiger partial charge is 0.106 e. The lowest BCUT2D eigenvalue weighted by molar-refractivity contribution is 0.0969. The minimum absolute atomic E-state index is 0.326. The van der Waals surface area contributed by atoms with E-state index in [1.807, 2.05) is 0 Å². The van der Waals surface area contributed by atoms with Crippen molar-refractivity contribution in [2.45, 2.75) is 58.0 Å². The van der Waals surface area contributed by atoms with Crippen molar-refractivity contribution in [2.24, 2.45) is 0 Å². The normalized spacial score (nSPS) is 14.4. The van der Waals surface area contributed by atoms with Gasteiger partial charge in [0.1, 0.15) is 5.54 Å². The minimum atomic E-state index is -0.399. The molecule has 4 nitrogen and oxygen atoms in total. The first-order chi connectivity index (χ1) is 8.60. The van der Waals surface area contributed by atoms with Gasteiger partial charge in [-0.15, -0.1) is 0 Å². The van der Waals surface area contributed by atoms with E-state index in [0.29, 0.717) is 12.6 Å². The van der Waals surface area contributed by atoms with Crippen molar-refractivity contribution in [3.8, 4) is 6.07 Å². The van der Waals surface area contributed by atoms with Gasteiger partial charge in [-0.1, -0.05) is 6.92 Å². The van der Waals surface area contributed by atoms with Crippen LogP contribution in [-0.4, -0.2) is 38.5 Å². The van der Waals surface area contributed by atoms with E-state index in [0.717, 1.165) is 38.9 Å². The summed E-state index contributed by atoms with van der Waals surface area (Å²) in [6, 6.07) is 2.75. The third kappa shape index (κ3) is 7.65. The van der Waals surface area contributed by atoms with Crippen molar-refractivity contribution in [3.05, 3.63) is 0 Å². The maximum Gasteiger partial charge on any atom is 0.106 e. The third-order valence-corrected chi connectivity index (χ3v) is 2.91. The van der Waals surface area contributed by atoms with Gasteiger partial charge in [0.25, 0.3) is 0 Å². The van der Waals surface area contributed by atoms with Gasteiger partial charge < -0.3 is 9.47 Å². The Bertz CT molecular complexity index is 238. The van der Waals surface area contributed by atoms with E-state index in [4.69, 9.17) is 9.47 Å². The van der Waals surface area contributed by atoms with Crippen LogP contribution in [0.25, 0.3) is 0 Å². The molecule has 1 unspecified atom stereocenters. The quantitative estimate of drug-likeness (QED) is 0.577. The summed E-state index contributed by atoms with van der Waals surface area (Å²) in [4.78, 5) is 0. The van der Waals surface area contributed by atoms with Crippen LogP contribution in [0.2, 0.25) is 0 Å². The molecule has 0 fully saturated rings. The summed E-state index contributed by atoms with van der Waals surface area (Å²) >= 11 is 0. The van der Waals surface area contributed by atoms with E-state index >= 15 is 0 Å². The molecular formula is C14H28N2O2. The lowest BCUT2D eigenvalue weighted by atomic mass is 9.91. The average molecular weight is 256 g/mol. The number of nitriles is 1. The number of rotatable bonds is 11. The second kappa shape index (κ2) is 10.3. The predicted octanol–water partition coefficient (Wildman–Crippen LogP) is 2.49. The van der Waals surface area contributed by atoms with E-state index in [-0.39, 0.29) is 0 Å². The fraction of sp³-hybridized carbons (Fsp3) is 0.929. The fourth-order valence-corrected chi connectivity index (χ4v) is 1.95. The Morgan fingerprint density at radius 3 is 2.39 bits per heavy atom. The zero-order chi connectivity index (χ0) is 13.9. The monoisotopic (exact) mass is 256 g/mol. The molecule has 0 aromatic heterocycles. The summed E-state index contributed by atoms with van der Waals surface area (Å²) < 4.78 is 10.5. The molecule has 0 radical (unpaired) electrons. The minimum Gasteiger partial charge on any atom is -0.385 e. The molecule has 0 aliphatic carbocycles. The second-order valence-electron chi connectivity index (χ2n) is 4.91. The third-order valence-electron chi connectivity index (χ3n) is 2.91. The van der Waals surface area contributed by atoms with Gasteiger partial charge in [-0.05, 0) is 39.5 Å². The van der Waals surface area contributed by atoms with Crippen LogP contribution in [0.3, 0.4) is 0 Å². The lowest BCUT2D eigenvalue weighted by Gasteiger charge is -2.29. The van der Waals surface area contributed by atoms with Crippen LogP contribution in [0.1, 0.15) is 46.5 Å². The van der Waals surface area contributed by atoms with Crippen molar-refractivity contribution < 1.29 is 9.47 Å². The highest BCUT2D eigenvalue weighted by molar-refractivity contribution is 5.06. The summed E-state index contributed by atoms with van der Waals surface area (Å²) in [6.45, 7) is 8.39. The summed E-state index contributed by atoms with van der Waals surface area (Å²) in [5, 5.41) is 12.7. The SMILES string of the molecule is CCC(C#N)(CCCOCCCOC)NC(C)C. The van der Waals surface area contributed by atoms with Gasteiger partial charge in [-0.2, -0.15) is 5.26 Å². The van der Waals surface area contributed by atoms with Gasteiger partial charge in [0, 0.05) is 33.0 Å². The van der Waals surface area contributed by atoms with Gasteiger partial charge >= 0.3 is 0 Å². The molecule has 4 heteroatoms. The van der Waals surface area contributed by atoms with Gasteiger partial charge in [-0.3, -0.25) is 5.32 Å². The van der Waals surface area contributed by atoms with Gasteiger partial charge in [-0.25, -0.2) is 0 Å². The molecule has 0 amide bonds. The molecule has 0 rings (SSSR count). The molecule has 0 bridgehead atoms. The molecular weight excluding hydrogens is 228 g/mol. The Balaban J connectivity index is 3.81. The van der Waals surface area contributed by atoms with Crippen molar-refractivity contribution in [3.63, 3.8) is 0 Å². The number of ether oxygens (including phenoxy) is 2. The first kappa shape index (κ1) is 17.4. The van der Waals surface area contributed by atoms with E-state index in [1.54, 1.807) is 7.11 Å². The maximum absolute atomic E-state index is 9.33. The van der Waals surface area contributed by atoms with E-state index in [2.05, 4.69) is 32.2 Å². The number of hydrogen-bond acceptors (Lipinski definition) is 4. The van der Waals surface area contributed by atoms with Crippen LogP contribution in [0.4, 0.5) is 0 Å². The van der Waals surface area contributed by atoms with Crippen molar-refractivity contribution >= 4 is 0 Å². The molecule has 0 spiro atoms. The van der Waals surface area contributed by atoms with Crippen molar-refractivity contribution in [1.82, 2.24) is 5.32 Å². The molecule has 0 aliphatic heterocycles. The lowest BCUT2D eigenvalue weighted by Crippen LogP contribution is -2.47. The summed E-state index contributed by atoms with van der Waals surface area (Å²) in [6.07, 6.45) is 3.50. The first-order valence-corrected chi connectivity index (χ1v) is 6.86. The molecule has 1 atom stereocenters. The van der Waals surface area contributed by atoms with Crippen molar-refractivity contribution in [2.75, 3.05) is 26.9 Å². The van der Waals surface area contributed by atoms with E-state index < -0.39 is 5.54 Å². The average Bonchev–Trinajstić information content (AvgIpc) is 2.36. The number of nitrogens with one attached hydrogen (secondary N) is 1. The molecule has 0 saturated carbocycles. The predicted molar refractivity (Wildman–Crippen MR) is 73.5 cm³/mol. The van der Waals surface area contributed by atoms with Crippen LogP contribution in [0.15, 0.2) is 0 Å². The zero-order valence-corrected chi connectivity index (χ0v) is 12.3. The number of nitrogens with zero attached hydrogens (tertiary/aromatic N) is 1. The fourth-order valence-electron chi connectivity index (χ4n) is 1.95. The summed E-state index contributed by atoms with van der Waals surface area (Å²) in [5.41, 5.74) is -0.399. The van der Waals surface area contributed by atoms with Crippen LogP contribution >= 0.6 is 0 Å². The maximum atomic E-state index is 9.33.